The fourth-order valence-electron chi connectivity index (χ4n) is 4.93. The molecule has 1 aromatic carbocycles. The van der Waals surface area contributed by atoms with Gasteiger partial charge in [-0.15, -0.1) is 0 Å². The van der Waals surface area contributed by atoms with Gasteiger partial charge in [0.25, 0.3) is 11.1 Å². The molecule has 1 aliphatic heterocycles. The number of ether oxygens (including phenoxy) is 1. The van der Waals surface area contributed by atoms with Crippen LogP contribution in [0.5, 0.6) is 0 Å². The fourth-order valence-corrected chi connectivity index (χ4v) is 5.77. The Morgan fingerprint density at radius 3 is 2.58 bits per heavy atom. The van der Waals surface area contributed by atoms with Gasteiger partial charge in [0.1, 0.15) is 0 Å². The Labute approximate surface area is 199 Å². The molecule has 4 rings (SSSR count). The number of esters is 1. The topological polar surface area (TPSA) is 68.6 Å². The Kier molecular flexibility index (Phi) is 6.79. The number of imide groups is 1. The van der Waals surface area contributed by atoms with Gasteiger partial charge in [-0.1, -0.05) is 25.3 Å². The molecule has 0 unspecified atom stereocenters. The number of carbonyl (C=O) groups excluding carboxylic acids is 3. The molecule has 33 heavy (non-hydrogen) atoms. The molecule has 0 N–H and O–H groups in total. The predicted octanol–water partition coefficient (Wildman–Crippen LogP) is 5.81. The van der Waals surface area contributed by atoms with Crippen LogP contribution < -0.4 is 0 Å². The maximum Gasteiger partial charge on any atom is 0.338 e. The predicted molar refractivity (Wildman–Crippen MR) is 131 cm³/mol. The van der Waals surface area contributed by atoms with E-state index in [2.05, 4.69) is 4.57 Å². The van der Waals surface area contributed by atoms with Crippen LogP contribution >= 0.6 is 11.8 Å². The third kappa shape index (κ3) is 4.51. The van der Waals surface area contributed by atoms with Crippen LogP contribution in [0.15, 0.2) is 29.2 Å². The highest BCUT2D eigenvalue weighted by Gasteiger charge is 2.36. The molecule has 2 fully saturated rings. The standard InChI is InChI=1S/C26H30N2O4S/c1-16-13-20(18(3)28(16)22-12-8-11-21(17(22)2)25(30)32-4)14-23-24(29)27(26(31)33-23)15-19-9-6-5-7-10-19/h8,11-14,19H,5-7,9-10,15H2,1-4H3/b23-14+. The van der Waals surface area contributed by atoms with Crippen LogP contribution in [-0.2, 0) is 9.53 Å². The van der Waals surface area contributed by atoms with E-state index < -0.39 is 0 Å². The summed E-state index contributed by atoms with van der Waals surface area (Å²) in [6, 6.07) is 7.56. The van der Waals surface area contributed by atoms with E-state index in [4.69, 9.17) is 4.74 Å². The van der Waals surface area contributed by atoms with Gasteiger partial charge in [0.2, 0.25) is 0 Å². The zero-order valence-corrected chi connectivity index (χ0v) is 20.5. The summed E-state index contributed by atoms with van der Waals surface area (Å²) in [6.45, 7) is 6.40. The minimum atomic E-state index is -0.372. The molecule has 2 heterocycles. The van der Waals surface area contributed by atoms with Gasteiger partial charge in [-0.05, 0) is 86.7 Å². The maximum absolute atomic E-state index is 13.0. The number of aromatic nitrogens is 1. The Hall–Kier alpha value is -2.80. The van der Waals surface area contributed by atoms with Gasteiger partial charge in [0, 0.05) is 23.6 Å². The first kappa shape index (κ1) is 23.4. The molecule has 0 spiro atoms. The van der Waals surface area contributed by atoms with Crippen LogP contribution in [0.25, 0.3) is 11.8 Å². The van der Waals surface area contributed by atoms with Crippen molar-refractivity contribution in [2.75, 3.05) is 13.7 Å². The fraction of sp³-hybridized carbons (Fsp3) is 0.423. The van der Waals surface area contributed by atoms with Crippen LogP contribution in [0.3, 0.4) is 0 Å². The van der Waals surface area contributed by atoms with Crippen molar-refractivity contribution in [3.05, 3.63) is 57.2 Å². The lowest BCUT2D eigenvalue weighted by molar-refractivity contribution is -0.123. The smallest absolute Gasteiger partial charge is 0.338 e. The second-order valence-corrected chi connectivity index (χ2v) is 9.89. The van der Waals surface area contributed by atoms with E-state index in [1.165, 1.54) is 31.3 Å². The number of carbonyl (C=O) groups is 3. The minimum Gasteiger partial charge on any atom is -0.465 e. The number of amides is 2. The molecule has 1 aromatic heterocycles. The van der Waals surface area contributed by atoms with Gasteiger partial charge >= 0.3 is 5.97 Å². The number of thioether (sulfide) groups is 1. The van der Waals surface area contributed by atoms with E-state index >= 15 is 0 Å². The molecular formula is C26H30N2O4S. The van der Waals surface area contributed by atoms with Gasteiger partial charge in [-0.2, -0.15) is 0 Å². The molecule has 7 heteroatoms. The molecule has 0 bridgehead atoms. The second kappa shape index (κ2) is 9.59. The third-order valence-corrected chi connectivity index (χ3v) is 7.65. The summed E-state index contributed by atoms with van der Waals surface area (Å²) in [4.78, 5) is 39.7. The van der Waals surface area contributed by atoms with Gasteiger partial charge in [0.05, 0.1) is 17.6 Å². The highest BCUT2D eigenvalue weighted by atomic mass is 32.2. The average Bonchev–Trinajstić information content (AvgIpc) is 3.23. The minimum absolute atomic E-state index is 0.174. The molecule has 2 aromatic rings. The molecule has 174 valence electrons. The Bertz CT molecular complexity index is 1140. The van der Waals surface area contributed by atoms with Gasteiger partial charge in [-0.25, -0.2) is 4.79 Å². The van der Waals surface area contributed by atoms with Gasteiger partial charge in [0.15, 0.2) is 0 Å². The zero-order valence-electron chi connectivity index (χ0n) is 19.6. The van der Waals surface area contributed by atoms with Crippen molar-refractivity contribution in [1.29, 1.82) is 0 Å². The van der Waals surface area contributed by atoms with Crippen LogP contribution in [0.2, 0.25) is 0 Å². The van der Waals surface area contributed by atoms with Crippen molar-refractivity contribution in [3.8, 4) is 5.69 Å². The molecule has 1 saturated carbocycles. The Balaban J connectivity index is 1.63. The van der Waals surface area contributed by atoms with E-state index in [-0.39, 0.29) is 17.1 Å². The first-order valence-corrected chi connectivity index (χ1v) is 12.3. The third-order valence-electron chi connectivity index (χ3n) is 6.75. The van der Waals surface area contributed by atoms with Crippen molar-refractivity contribution < 1.29 is 19.1 Å². The lowest BCUT2D eigenvalue weighted by Gasteiger charge is -2.25. The molecule has 6 nitrogen and oxygen atoms in total. The van der Waals surface area contributed by atoms with E-state index in [0.717, 1.165) is 52.8 Å². The van der Waals surface area contributed by atoms with E-state index in [1.807, 2.05) is 45.0 Å². The monoisotopic (exact) mass is 466 g/mol. The number of aryl methyl sites for hydroxylation is 1. The van der Waals surface area contributed by atoms with E-state index in [9.17, 15) is 14.4 Å². The maximum atomic E-state index is 13.0. The van der Waals surface area contributed by atoms with Crippen molar-refractivity contribution in [1.82, 2.24) is 9.47 Å². The van der Waals surface area contributed by atoms with Gasteiger partial charge in [-0.3, -0.25) is 14.5 Å². The summed E-state index contributed by atoms with van der Waals surface area (Å²) in [5.74, 6) is -0.144. The van der Waals surface area contributed by atoms with E-state index in [0.29, 0.717) is 22.9 Å². The Morgan fingerprint density at radius 2 is 1.88 bits per heavy atom. The van der Waals surface area contributed by atoms with Crippen molar-refractivity contribution in [2.24, 2.45) is 5.92 Å². The lowest BCUT2D eigenvalue weighted by atomic mass is 9.89. The van der Waals surface area contributed by atoms with Crippen LogP contribution in [-0.4, -0.2) is 40.2 Å². The SMILES string of the molecule is COC(=O)c1cccc(-n2c(C)cc(/C=C3/SC(=O)N(CC4CCCCC4)C3=O)c2C)c1C. The van der Waals surface area contributed by atoms with Crippen molar-refractivity contribution >= 4 is 35.0 Å². The van der Waals surface area contributed by atoms with Crippen LogP contribution in [0, 0.1) is 26.7 Å². The van der Waals surface area contributed by atoms with Crippen molar-refractivity contribution in [2.45, 2.75) is 52.9 Å². The summed E-state index contributed by atoms with van der Waals surface area (Å²) in [5.41, 5.74) is 5.04. The number of methoxy groups -OCH3 is 1. The largest absolute Gasteiger partial charge is 0.465 e. The number of benzene rings is 1. The first-order chi connectivity index (χ1) is 15.8. The van der Waals surface area contributed by atoms with Gasteiger partial charge < -0.3 is 9.30 Å². The first-order valence-electron chi connectivity index (χ1n) is 11.4. The normalized spacial score (nSPS) is 18.4. The summed E-state index contributed by atoms with van der Waals surface area (Å²) in [6.07, 6.45) is 7.61. The molecular weight excluding hydrogens is 436 g/mol. The second-order valence-electron chi connectivity index (χ2n) is 8.90. The highest BCUT2D eigenvalue weighted by molar-refractivity contribution is 8.18. The summed E-state index contributed by atoms with van der Waals surface area (Å²) in [7, 11) is 1.38. The number of nitrogens with zero attached hydrogens (tertiary/aromatic N) is 2. The zero-order chi connectivity index (χ0) is 23.7. The average molecular weight is 467 g/mol. The lowest BCUT2D eigenvalue weighted by Crippen LogP contribution is -2.34. The van der Waals surface area contributed by atoms with Crippen LogP contribution in [0.4, 0.5) is 4.79 Å². The van der Waals surface area contributed by atoms with Crippen LogP contribution in [0.1, 0.15) is 65.0 Å². The number of hydrogen-bond donors (Lipinski definition) is 0. The number of rotatable bonds is 5. The molecule has 2 aliphatic rings. The summed E-state index contributed by atoms with van der Waals surface area (Å²) in [5, 5.41) is -0.174. The molecule has 2 amide bonds. The summed E-state index contributed by atoms with van der Waals surface area (Å²) < 4.78 is 6.98. The number of hydrogen-bond acceptors (Lipinski definition) is 5. The summed E-state index contributed by atoms with van der Waals surface area (Å²) >= 11 is 1.03. The molecule has 1 aliphatic carbocycles. The molecule has 1 saturated heterocycles. The van der Waals surface area contributed by atoms with E-state index in [1.54, 1.807) is 6.07 Å². The molecule has 0 radical (unpaired) electrons. The highest BCUT2D eigenvalue weighted by Crippen LogP contribution is 2.36. The van der Waals surface area contributed by atoms with Crippen molar-refractivity contribution in [3.63, 3.8) is 0 Å². The molecule has 0 atom stereocenters. The quantitative estimate of drug-likeness (QED) is 0.411. The Morgan fingerprint density at radius 1 is 1.15 bits per heavy atom.